The molecule has 0 radical (unpaired) electrons. The van der Waals surface area contributed by atoms with Crippen LogP contribution in [0.3, 0.4) is 0 Å². The van der Waals surface area contributed by atoms with Gasteiger partial charge in [-0.15, -0.1) is 12.6 Å². The molecule has 34 heavy (non-hydrogen) atoms. The predicted octanol–water partition coefficient (Wildman–Crippen LogP) is 7.36. The van der Waals surface area contributed by atoms with Crippen molar-refractivity contribution in [1.29, 1.82) is 5.26 Å². The van der Waals surface area contributed by atoms with Crippen LogP contribution in [0.2, 0.25) is 5.02 Å². The number of rotatable bonds is 9. The third kappa shape index (κ3) is 5.52. The minimum Gasteiger partial charge on any atom is -0.495 e. The zero-order chi connectivity index (χ0) is 24.8. The third-order valence-corrected chi connectivity index (χ3v) is 6.53. The van der Waals surface area contributed by atoms with E-state index in [1.54, 1.807) is 19.2 Å². The summed E-state index contributed by atoms with van der Waals surface area (Å²) in [4.78, 5) is 3.05. The van der Waals surface area contributed by atoms with Crippen molar-refractivity contribution < 1.29 is 9.47 Å². The van der Waals surface area contributed by atoms with Crippen LogP contribution in [0.1, 0.15) is 48.1 Å². The van der Waals surface area contributed by atoms with Crippen LogP contribution in [0.15, 0.2) is 72.1 Å². The number of hydrogen-bond acceptors (Lipinski definition) is 5. The zero-order valence-corrected chi connectivity index (χ0v) is 21.5. The number of benzene rings is 3. The van der Waals surface area contributed by atoms with E-state index in [1.165, 1.54) is 5.56 Å². The highest BCUT2D eigenvalue weighted by Crippen LogP contribution is 2.42. The quantitative estimate of drug-likeness (QED) is 0.317. The van der Waals surface area contributed by atoms with Crippen molar-refractivity contribution in [2.45, 2.75) is 30.7 Å². The minimum absolute atomic E-state index is 0.0577. The van der Waals surface area contributed by atoms with Crippen molar-refractivity contribution in [3.8, 4) is 17.6 Å². The van der Waals surface area contributed by atoms with Gasteiger partial charge < -0.3 is 14.4 Å². The SMILES string of the molecule is C=C(c1cc(C#N)c(OC)cc1OCC)N(C)C(c1ccc(Cl)cc1)C(C)c1ccc(S)cc1. The van der Waals surface area contributed by atoms with E-state index in [-0.39, 0.29) is 12.0 Å². The summed E-state index contributed by atoms with van der Waals surface area (Å²) in [5, 5.41) is 10.3. The van der Waals surface area contributed by atoms with Gasteiger partial charge in [-0.05, 0) is 48.4 Å². The number of nitrogens with zero attached hydrogens (tertiary/aromatic N) is 2. The fourth-order valence-corrected chi connectivity index (χ4v) is 4.42. The average Bonchev–Trinajstić information content (AvgIpc) is 2.85. The highest BCUT2D eigenvalue weighted by atomic mass is 35.5. The molecule has 3 aromatic carbocycles. The Morgan fingerprint density at radius 2 is 1.71 bits per heavy atom. The second kappa shape index (κ2) is 11.4. The van der Waals surface area contributed by atoms with Crippen LogP contribution in [-0.2, 0) is 0 Å². The molecule has 0 spiro atoms. The lowest BCUT2D eigenvalue weighted by Crippen LogP contribution is -2.27. The van der Waals surface area contributed by atoms with Crippen molar-refractivity contribution in [1.82, 2.24) is 4.90 Å². The van der Waals surface area contributed by atoms with Gasteiger partial charge in [-0.1, -0.05) is 49.4 Å². The summed E-state index contributed by atoms with van der Waals surface area (Å²) < 4.78 is 11.3. The van der Waals surface area contributed by atoms with Crippen molar-refractivity contribution in [3.63, 3.8) is 0 Å². The molecule has 3 aromatic rings. The average molecular weight is 493 g/mol. The molecule has 0 N–H and O–H groups in total. The van der Waals surface area contributed by atoms with Gasteiger partial charge in [-0.3, -0.25) is 0 Å². The maximum atomic E-state index is 9.65. The van der Waals surface area contributed by atoms with Gasteiger partial charge in [0, 0.05) is 40.2 Å². The Morgan fingerprint density at radius 1 is 1.09 bits per heavy atom. The van der Waals surface area contributed by atoms with Crippen LogP contribution in [0.4, 0.5) is 0 Å². The zero-order valence-electron chi connectivity index (χ0n) is 19.9. The van der Waals surface area contributed by atoms with Crippen molar-refractivity contribution in [3.05, 3.63) is 94.5 Å². The summed E-state index contributed by atoms with van der Waals surface area (Å²) in [6, 6.07) is 21.8. The van der Waals surface area contributed by atoms with Gasteiger partial charge in [0.1, 0.15) is 17.6 Å². The van der Waals surface area contributed by atoms with Crippen LogP contribution in [-0.4, -0.2) is 25.7 Å². The van der Waals surface area contributed by atoms with E-state index in [2.05, 4.69) is 49.2 Å². The number of halogens is 1. The summed E-state index contributed by atoms with van der Waals surface area (Å²) in [6.07, 6.45) is 0. The van der Waals surface area contributed by atoms with Gasteiger partial charge in [0.25, 0.3) is 0 Å². The fraction of sp³-hybridized carbons (Fsp3) is 0.250. The molecule has 0 fully saturated rings. The first-order chi connectivity index (χ1) is 16.3. The second-order valence-corrected chi connectivity index (χ2v) is 8.98. The molecule has 0 aliphatic heterocycles. The Hall–Kier alpha value is -3.07. The van der Waals surface area contributed by atoms with E-state index in [0.717, 1.165) is 21.7 Å². The van der Waals surface area contributed by atoms with Crippen LogP contribution in [0.25, 0.3) is 5.70 Å². The highest BCUT2D eigenvalue weighted by molar-refractivity contribution is 7.80. The number of hydrogen-bond donors (Lipinski definition) is 1. The Bertz CT molecular complexity index is 1190. The first kappa shape index (κ1) is 25.6. The van der Waals surface area contributed by atoms with Crippen LogP contribution in [0, 0.1) is 11.3 Å². The van der Waals surface area contributed by atoms with Gasteiger partial charge in [0.2, 0.25) is 0 Å². The van der Waals surface area contributed by atoms with E-state index in [1.807, 2.05) is 50.4 Å². The van der Waals surface area contributed by atoms with Crippen LogP contribution in [0.5, 0.6) is 11.5 Å². The highest BCUT2D eigenvalue weighted by Gasteiger charge is 2.28. The van der Waals surface area contributed by atoms with E-state index in [4.69, 9.17) is 21.1 Å². The Labute approximate surface area is 212 Å². The van der Waals surface area contributed by atoms with Gasteiger partial charge in [0.05, 0.1) is 25.3 Å². The molecule has 0 aliphatic rings. The molecular weight excluding hydrogens is 464 g/mol. The largest absolute Gasteiger partial charge is 0.495 e. The molecule has 3 rings (SSSR count). The standard InChI is InChI=1S/C28H29ClN2O2S/c1-6-33-27-16-26(32-5)22(17-30)15-25(27)19(3)31(4)28(21-7-11-23(29)12-8-21)18(2)20-9-13-24(34)14-10-20/h7-16,18,28,34H,3,6H2,1-2,4-5H3. The smallest absolute Gasteiger partial charge is 0.140 e. The molecule has 4 nitrogen and oxygen atoms in total. The van der Waals surface area contributed by atoms with E-state index < -0.39 is 0 Å². The lowest BCUT2D eigenvalue weighted by molar-refractivity contribution is 0.308. The van der Waals surface area contributed by atoms with Gasteiger partial charge in [0.15, 0.2) is 0 Å². The molecule has 0 saturated carbocycles. The molecule has 0 bridgehead atoms. The molecular formula is C28H29ClN2O2S. The minimum atomic E-state index is -0.0577. The predicted molar refractivity (Wildman–Crippen MR) is 142 cm³/mol. The lowest BCUT2D eigenvalue weighted by atomic mass is 9.87. The van der Waals surface area contributed by atoms with Crippen molar-refractivity contribution in [2.75, 3.05) is 20.8 Å². The lowest BCUT2D eigenvalue weighted by Gasteiger charge is -2.37. The topological polar surface area (TPSA) is 45.5 Å². The van der Waals surface area contributed by atoms with Gasteiger partial charge in [-0.2, -0.15) is 5.26 Å². The number of methoxy groups -OCH3 is 1. The first-order valence-corrected chi connectivity index (χ1v) is 11.8. The molecule has 0 aliphatic carbocycles. The third-order valence-electron chi connectivity index (χ3n) is 5.98. The fourth-order valence-electron chi connectivity index (χ4n) is 4.14. The number of nitriles is 1. The molecule has 6 heteroatoms. The summed E-state index contributed by atoms with van der Waals surface area (Å²) in [7, 11) is 3.55. The molecule has 176 valence electrons. The first-order valence-electron chi connectivity index (χ1n) is 11.0. The second-order valence-electron chi connectivity index (χ2n) is 8.03. The molecule has 0 heterocycles. The molecule has 0 aromatic heterocycles. The van der Waals surface area contributed by atoms with E-state index in [0.29, 0.717) is 28.7 Å². The summed E-state index contributed by atoms with van der Waals surface area (Å²) in [5.74, 6) is 1.21. The summed E-state index contributed by atoms with van der Waals surface area (Å²) in [6.45, 7) is 9.00. The van der Waals surface area contributed by atoms with Crippen molar-refractivity contribution in [2.24, 2.45) is 0 Å². The molecule has 2 atom stereocenters. The van der Waals surface area contributed by atoms with E-state index in [9.17, 15) is 5.26 Å². The Kier molecular flexibility index (Phi) is 8.55. The van der Waals surface area contributed by atoms with Gasteiger partial charge >= 0.3 is 0 Å². The number of likely N-dealkylation sites (N-methyl/N-ethyl adjacent to an activating group) is 1. The normalized spacial score (nSPS) is 12.4. The summed E-state index contributed by atoms with van der Waals surface area (Å²) >= 11 is 10.6. The van der Waals surface area contributed by atoms with Crippen LogP contribution >= 0.6 is 24.2 Å². The number of thiol groups is 1. The Balaban J connectivity index is 2.09. The molecule has 2 unspecified atom stereocenters. The molecule has 0 amide bonds. The Morgan fingerprint density at radius 3 is 2.26 bits per heavy atom. The maximum Gasteiger partial charge on any atom is 0.140 e. The van der Waals surface area contributed by atoms with Gasteiger partial charge in [-0.25, -0.2) is 0 Å². The molecule has 0 saturated heterocycles. The van der Waals surface area contributed by atoms with E-state index >= 15 is 0 Å². The summed E-state index contributed by atoms with van der Waals surface area (Å²) in [5.41, 5.74) is 4.19. The van der Waals surface area contributed by atoms with Crippen LogP contribution < -0.4 is 9.47 Å². The monoisotopic (exact) mass is 492 g/mol. The maximum absolute atomic E-state index is 9.65. The van der Waals surface area contributed by atoms with Crippen molar-refractivity contribution >= 4 is 29.9 Å². The number of ether oxygens (including phenoxy) is 2.